The van der Waals surface area contributed by atoms with E-state index in [1.165, 1.54) is 0 Å². The molecule has 0 fully saturated rings. The van der Waals surface area contributed by atoms with E-state index >= 15 is 0 Å². The van der Waals surface area contributed by atoms with Crippen LogP contribution in [-0.2, 0) is 0 Å². The highest BCUT2D eigenvalue weighted by Gasteiger charge is 2.14. The van der Waals surface area contributed by atoms with Crippen molar-refractivity contribution in [3.8, 4) is 0 Å². The van der Waals surface area contributed by atoms with Crippen LogP contribution in [-0.4, -0.2) is 24.5 Å². The van der Waals surface area contributed by atoms with Crippen molar-refractivity contribution >= 4 is 30.3 Å². The smallest absolute Gasteiger partial charge is 0.203 e. The molecule has 4 heteroatoms. The van der Waals surface area contributed by atoms with E-state index in [4.69, 9.17) is 23.2 Å². The van der Waals surface area contributed by atoms with Gasteiger partial charge in [-0.25, -0.2) is 0 Å². The molecule has 0 aromatic heterocycles. The number of hydrogen-bond acceptors (Lipinski definition) is 1. The predicted octanol–water partition coefficient (Wildman–Crippen LogP) is 3.23. The largest absolute Gasteiger partial charge is 0.266 e. The zero-order chi connectivity index (χ0) is 7.71. The molecule has 0 unspecified atom stereocenters. The van der Waals surface area contributed by atoms with Gasteiger partial charge in [0.05, 0.1) is 0 Å². The third kappa shape index (κ3) is 8.81. The van der Waals surface area contributed by atoms with Crippen LogP contribution in [0.5, 0.6) is 0 Å². The summed E-state index contributed by atoms with van der Waals surface area (Å²) < 4.78 is 3.29. The standard InChI is InChI=1S/C5H12Cl2NP/c1-5(6,7)8-9(2,3)4/h1-4H3. The molecule has 0 aliphatic carbocycles. The molecular weight excluding hydrogens is 176 g/mol. The van der Waals surface area contributed by atoms with E-state index in [1.54, 1.807) is 6.92 Å². The molecule has 0 radical (unpaired) electrons. The van der Waals surface area contributed by atoms with E-state index in [2.05, 4.69) is 24.7 Å². The summed E-state index contributed by atoms with van der Waals surface area (Å²) in [6, 6.07) is 0. The minimum Gasteiger partial charge on any atom is -0.266 e. The van der Waals surface area contributed by atoms with Gasteiger partial charge in [-0.05, 0) is 34.0 Å². The summed E-state index contributed by atoms with van der Waals surface area (Å²) in [5.74, 6) is 0. The summed E-state index contributed by atoms with van der Waals surface area (Å²) in [7, 11) is -1.18. The normalized spacial score (nSPS) is 13.6. The Bertz CT molecular complexity index is 133. The predicted molar refractivity (Wildman–Crippen MR) is 47.2 cm³/mol. The fraction of sp³-hybridized carbons (Fsp3) is 1.00. The van der Waals surface area contributed by atoms with Gasteiger partial charge in [-0.15, -0.1) is 0 Å². The molecule has 0 N–H and O–H groups in total. The molecule has 0 saturated carbocycles. The summed E-state index contributed by atoms with van der Waals surface area (Å²) >= 11 is 11.3. The molecular formula is C5H12Cl2NP. The van der Waals surface area contributed by atoms with Crippen LogP contribution in [0.1, 0.15) is 6.92 Å². The molecule has 9 heavy (non-hydrogen) atoms. The van der Waals surface area contributed by atoms with Gasteiger partial charge < -0.3 is 0 Å². The molecule has 0 amide bonds. The van der Waals surface area contributed by atoms with Crippen molar-refractivity contribution in [2.75, 3.05) is 20.0 Å². The summed E-state index contributed by atoms with van der Waals surface area (Å²) in [6.07, 6.45) is 0. The second-order valence-electron chi connectivity index (χ2n) is 2.88. The highest BCUT2D eigenvalue weighted by atomic mass is 35.5. The highest BCUT2D eigenvalue weighted by molar-refractivity contribution is 7.64. The zero-order valence-electron chi connectivity index (χ0n) is 6.15. The Morgan fingerprint density at radius 2 is 1.56 bits per heavy atom. The van der Waals surface area contributed by atoms with Crippen LogP contribution in [0.25, 0.3) is 0 Å². The Kier molecular flexibility index (Phi) is 3.07. The maximum Gasteiger partial charge on any atom is 0.203 e. The molecule has 0 aliphatic rings. The van der Waals surface area contributed by atoms with Gasteiger partial charge in [-0.2, -0.15) is 0 Å². The van der Waals surface area contributed by atoms with Crippen LogP contribution in [0.3, 0.4) is 0 Å². The molecule has 0 bridgehead atoms. The van der Waals surface area contributed by atoms with Gasteiger partial charge in [0, 0.05) is 0 Å². The lowest BCUT2D eigenvalue weighted by Gasteiger charge is -2.13. The third-order valence-corrected chi connectivity index (χ3v) is 1.88. The van der Waals surface area contributed by atoms with Crippen LogP contribution < -0.4 is 0 Å². The van der Waals surface area contributed by atoms with Crippen LogP contribution in [0.2, 0.25) is 0 Å². The van der Waals surface area contributed by atoms with Gasteiger partial charge in [0.1, 0.15) is 0 Å². The Labute approximate surface area is 66.8 Å². The summed E-state index contributed by atoms with van der Waals surface area (Å²) in [6.45, 7) is 7.88. The first kappa shape index (κ1) is 9.81. The average molecular weight is 188 g/mol. The second-order valence-corrected chi connectivity index (χ2v) is 8.63. The molecule has 0 aromatic carbocycles. The molecule has 1 nitrogen and oxygen atoms in total. The van der Waals surface area contributed by atoms with Crippen molar-refractivity contribution in [1.82, 2.24) is 0 Å². The van der Waals surface area contributed by atoms with Gasteiger partial charge in [0.15, 0.2) is 0 Å². The van der Waals surface area contributed by atoms with Crippen LogP contribution in [0, 0.1) is 0 Å². The van der Waals surface area contributed by atoms with E-state index in [-0.39, 0.29) is 0 Å². The minimum absolute atomic E-state index is 0.897. The van der Waals surface area contributed by atoms with E-state index < -0.39 is 11.5 Å². The van der Waals surface area contributed by atoms with Crippen molar-refractivity contribution in [2.45, 2.75) is 11.4 Å². The molecule has 0 aliphatic heterocycles. The molecule has 0 atom stereocenters. The quantitative estimate of drug-likeness (QED) is 0.340. The zero-order valence-corrected chi connectivity index (χ0v) is 8.56. The lowest BCUT2D eigenvalue weighted by Crippen LogP contribution is -1.99. The maximum atomic E-state index is 5.64. The second kappa shape index (κ2) is 2.82. The monoisotopic (exact) mass is 187 g/mol. The van der Waals surface area contributed by atoms with Crippen LogP contribution in [0.4, 0.5) is 0 Å². The van der Waals surface area contributed by atoms with Gasteiger partial charge in [-0.1, -0.05) is 23.2 Å². The molecule has 0 spiro atoms. The van der Waals surface area contributed by atoms with Crippen LogP contribution >= 0.6 is 30.3 Å². The number of nitrogens with zero attached hydrogens (tertiary/aromatic N) is 1. The van der Waals surface area contributed by atoms with Crippen molar-refractivity contribution < 1.29 is 0 Å². The third-order valence-electron chi connectivity index (χ3n) is 0.476. The fourth-order valence-electron chi connectivity index (χ4n) is 0.527. The summed E-state index contributed by atoms with van der Waals surface area (Å²) in [4.78, 5) is 0. The summed E-state index contributed by atoms with van der Waals surface area (Å²) in [5.41, 5.74) is 0. The van der Waals surface area contributed by atoms with Gasteiger partial charge in [0.2, 0.25) is 4.46 Å². The molecule has 0 aromatic rings. The van der Waals surface area contributed by atoms with E-state index in [9.17, 15) is 0 Å². The first-order valence-electron chi connectivity index (χ1n) is 2.64. The Morgan fingerprint density at radius 1 is 1.22 bits per heavy atom. The lowest BCUT2D eigenvalue weighted by molar-refractivity contribution is 0.949. The van der Waals surface area contributed by atoms with Crippen molar-refractivity contribution in [1.29, 1.82) is 0 Å². The molecule has 0 rings (SSSR count). The molecule has 0 heterocycles. The van der Waals surface area contributed by atoms with E-state index in [0.717, 1.165) is 0 Å². The first-order chi connectivity index (χ1) is 3.71. The lowest BCUT2D eigenvalue weighted by atomic mass is 10.8. The summed E-state index contributed by atoms with van der Waals surface area (Å²) in [5, 5.41) is 0. The number of rotatable bonds is 1. The van der Waals surface area contributed by atoms with Crippen molar-refractivity contribution in [2.24, 2.45) is 4.74 Å². The topological polar surface area (TPSA) is 12.4 Å². The van der Waals surface area contributed by atoms with Gasteiger partial charge in [-0.3, -0.25) is 4.74 Å². The Balaban J connectivity index is 4.32. The van der Waals surface area contributed by atoms with E-state index in [1.807, 2.05) is 0 Å². The van der Waals surface area contributed by atoms with Crippen molar-refractivity contribution in [3.63, 3.8) is 0 Å². The van der Waals surface area contributed by atoms with Gasteiger partial charge in [0.25, 0.3) is 0 Å². The number of alkyl halides is 2. The SMILES string of the molecule is CC(Cl)(Cl)N=P(C)(C)C. The fourth-order valence-corrected chi connectivity index (χ4v) is 2.94. The molecule has 0 saturated heterocycles. The highest BCUT2D eigenvalue weighted by Crippen LogP contribution is 2.42. The number of hydrogen-bond donors (Lipinski definition) is 0. The Hall–Kier alpha value is 0.810. The van der Waals surface area contributed by atoms with Crippen molar-refractivity contribution in [3.05, 3.63) is 0 Å². The van der Waals surface area contributed by atoms with Crippen LogP contribution in [0.15, 0.2) is 4.74 Å². The average Bonchev–Trinajstić information content (AvgIpc) is 1.14. The van der Waals surface area contributed by atoms with E-state index in [0.29, 0.717) is 0 Å². The Morgan fingerprint density at radius 3 is 1.56 bits per heavy atom. The van der Waals surface area contributed by atoms with Gasteiger partial charge >= 0.3 is 0 Å². The number of halogens is 2. The maximum absolute atomic E-state index is 5.64. The first-order valence-corrected chi connectivity index (χ1v) is 6.48. The molecule has 56 valence electrons. The minimum atomic E-state index is -1.18.